The minimum absolute atomic E-state index is 0.238. The maximum absolute atomic E-state index is 10.8. The highest BCUT2D eigenvalue weighted by molar-refractivity contribution is 5.26. The van der Waals surface area contributed by atoms with Gasteiger partial charge in [0, 0.05) is 46.3 Å². The van der Waals surface area contributed by atoms with Gasteiger partial charge >= 0.3 is 0 Å². The number of nitrogens with zero attached hydrogens (tertiary/aromatic N) is 1. The number of aliphatic hydroxyl groups is 1. The van der Waals surface area contributed by atoms with Crippen LogP contribution in [0.3, 0.4) is 0 Å². The minimum atomic E-state index is -0.584. The number of hydrogen-bond acceptors (Lipinski definition) is 4. The molecule has 2 aliphatic rings. The van der Waals surface area contributed by atoms with E-state index >= 15 is 0 Å². The summed E-state index contributed by atoms with van der Waals surface area (Å²) < 4.78 is 11.2. The number of likely N-dealkylation sites (tertiary alicyclic amines) is 1. The molecule has 0 saturated carbocycles. The first kappa shape index (κ1) is 17.9. The third kappa shape index (κ3) is 4.37. The van der Waals surface area contributed by atoms with Crippen molar-refractivity contribution in [1.82, 2.24) is 4.90 Å². The van der Waals surface area contributed by atoms with Crippen LogP contribution in [-0.2, 0) is 15.9 Å². The standard InChI is InChI=1S/C20H31NO3/c1-16-5-3-4-6-17(16)13-18-7-10-21(14-19(18)23-2)15-20(22)8-11-24-12-9-20/h3-6,18-19,22H,7-15H2,1-2H3/t18-,19+/m1/s1. The van der Waals surface area contributed by atoms with E-state index in [0.29, 0.717) is 19.1 Å². The van der Waals surface area contributed by atoms with Crippen LogP contribution in [0.2, 0.25) is 0 Å². The second kappa shape index (κ2) is 7.96. The summed E-state index contributed by atoms with van der Waals surface area (Å²) in [7, 11) is 1.82. The lowest BCUT2D eigenvalue weighted by atomic mass is 9.85. The summed E-state index contributed by atoms with van der Waals surface area (Å²) in [5, 5.41) is 10.8. The molecule has 1 aromatic rings. The highest BCUT2D eigenvalue weighted by atomic mass is 16.5. The van der Waals surface area contributed by atoms with E-state index in [1.807, 2.05) is 7.11 Å². The molecule has 4 heteroatoms. The molecular formula is C20H31NO3. The highest BCUT2D eigenvalue weighted by Gasteiger charge is 2.36. The number of hydrogen-bond donors (Lipinski definition) is 1. The Balaban J connectivity index is 1.58. The molecule has 1 N–H and O–H groups in total. The molecule has 24 heavy (non-hydrogen) atoms. The van der Waals surface area contributed by atoms with E-state index in [1.165, 1.54) is 11.1 Å². The lowest BCUT2D eigenvalue weighted by molar-refractivity contribution is -0.0954. The molecule has 0 radical (unpaired) electrons. The summed E-state index contributed by atoms with van der Waals surface area (Å²) >= 11 is 0. The largest absolute Gasteiger partial charge is 0.388 e. The molecule has 0 spiro atoms. The van der Waals surface area contributed by atoms with E-state index in [4.69, 9.17) is 9.47 Å². The van der Waals surface area contributed by atoms with Crippen molar-refractivity contribution in [3.63, 3.8) is 0 Å². The smallest absolute Gasteiger partial charge is 0.0817 e. The van der Waals surface area contributed by atoms with Gasteiger partial charge in [-0.2, -0.15) is 0 Å². The molecule has 2 fully saturated rings. The Morgan fingerprint density at radius 3 is 2.75 bits per heavy atom. The normalized spacial score (nSPS) is 28.0. The Labute approximate surface area is 145 Å². The SMILES string of the molecule is CO[C@H]1CN(CC2(O)CCOCC2)CC[C@@H]1Cc1ccccc1C. The van der Waals surface area contributed by atoms with Crippen LogP contribution in [0.4, 0.5) is 0 Å². The average molecular weight is 333 g/mol. The molecule has 1 aromatic carbocycles. The van der Waals surface area contributed by atoms with Crippen LogP contribution in [0.5, 0.6) is 0 Å². The lowest BCUT2D eigenvalue weighted by Gasteiger charge is -2.42. The molecule has 3 rings (SSSR count). The van der Waals surface area contributed by atoms with Gasteiger partial charge < -0.3 is 14.6 Å². The second-order valence-electron chi connectivity index (χ2n) is 7.53. The molecule has 2 atom stereocenters. The molecule has 4 nitrogen and oxygen atoms in total. The first-order valence-electron chi connectivity index (χ1n) is 9.19. The van der Waals surface area contributed by atoms with Crippen LogP contribution in [0, 0.1) is 12.8 Å². The predicted octanol–water partition coefficient (Wildman–Crippen LogP) is 2.42. The van der Waals surface area contributed by atoms with E-state index in [9.17, 15) is 5.11 Å². The fourth-order valence-electron chi connectivity index (χ4n) is 4.12. The van der Waals surface area contributed by atoms with Gasteiger partial charge in [0.25, 0.3) is 0 Å². The summed E-state index contributed by atoms with van der Waals surface area (Å²) in [6.07, 6.45) is 3.93. The minimum Gasteiger partial charge on any atom is -0.388 e. The Kier molecular flexibility index (Phi) is 5.93. The van der Waals surface area contributed by atoms with E-state index in [2.05, 4.69) is 36.1 Å². The average Bonchev–Trinajstić information content (AvgIpc) is 2.58. The van der Waals surface area contributed by atoms with E-state index in [0.717, 1.165) is 45.3 Å². The number of piperidine rings is 1. The zero-order valence-corrected chi connectivity index (χ0v) is 15.0. The van der Waals surface area contributed by atoms with Crippen LogP contribution in [-0.4, -0.2) is 61.7 Å². The Morgan fingerprint density at radius 2 is 2.04 bits per heavy atom. The Morgan fingerprint density at radius 1 is 1.29 bits per heavy atom. The fraction of sp³-hybridized carbons (Fsp3) is 0.700. The predicted molar refractivity (Wildman–Crippen MR) is 95.2 cm³/mol. The molecule has 2 aliphatic heterocycles. The molecular weight excluding hydrogens is 302 g/mol. The quantitative estimate of drug-likeness (QED) is 0.898. The highest BCUT2D eigenvalue weighted by Crippen LogP contribution is 2.28. The number of aryl methyl sites for hydroxylation is 1. The van der Waals surface area contributed by atoms with Crippen LogP contribution in [0.1, 0.15) is 30.4 Å². The third-order valence-corrected chi connectivity index (χ3v) is 5.77. The van der Waals surface area contributed by atoms with Crippen molar-refractivity contribution in [3.05, 3.63) is 35.4 Å². The number of methoxy groups -OCH3 is 1. The number of ether oxygens (including phenoxy) is 2. The summed E-state index contributed by atoms with van der Waals surface area (Å²) in [5.74, 6) is 0.552. The number of benzene rings is 1. The topological polar surface area (TPSA) is 41.9 Å². The first-order chi connectivity index (χ1) is 11.6. The summed E-state index contributed by atoms with van der Waals surface area (Å²) in [6.45, 7) is 6.23. The van der Waals surface area contributed by atoms with Gasteiger partial charge in [0.2, 0.25) is 0 Å². The maximum Gasteiger partial charge on any atom is 0.0817 e. The number of rotatable bonds is 5. The summed E-state index contributed by atoms with van der Waals surface area (Å²) in [6, 6.07) is 8.65. The lowest BCUT2D eigenvalue weighted by Crippen LogP contribution is -2.53. The number of β-amino-alcohol motifs (C(OH)–C–C–N with tert-alkyl or cyclic N) is 1. The molecule has 0 unspecified atom stereocenters. The van der Waals surface area contributed by atoms with Crippen LogP contribution >= 0.6 is 0 Å². The van der Waals surface area contributed by atoms with Crippen molar-refractivity contribution < 1.29 is 14.6 Å². The van der Waals surface area contributed by atoms with Gasteiger partial charge in [-0.1, -0.05) is 24.3 Å². The molecule has 0 bridgehead atoms. The zero-order valence-electron chi connectivity index (χ0n) is 15.0. The van der Waals surface area contributed by atoms with Crippen LogP contribution in [0.15, 0.2) is 24.3 Å². The molecule has 0 amide bonds. The third-order valence-electron chi connectivity index (χ3n) is 5.77. The van der Waals surface area contributed by atoms with Crippen molar-refractivity contribution in [2.24, 2.45) is 5.92 Å². The van der Waals surface area contributed by atoms with Crippen molar-refractivity contribution in [2.45, 2.75) is 44.3 Å². The maximum atomic E-state index is 10.8. The Hall–Kier alpha value is -0.940. The van der Waals surface area contributed by atoms with Crippen LogP contribution < -0.4 is 0 Å². The van der Waals surface area contributed by atoms with Gasteiger partial charge in [-0.25, -0.2) is 0 Å². The Bertz CT molecular complexity index is 527. The summed E-state index contributed by atoms with van der Waals surface area (Å²) in [4.78, 5) is 2.38. The zero-order chi connectivity index (χ0) is 17.0. The van der Waals surface area contributed by atoms with E-state index < -0.39 is 5.60 Å². The monoisotopic (exact) mass is 333 g/mol. The van der Waals surface area contributed by atoms with Gasteiger partial charge in [0.1, 0.15) is 0 Å². The molecule has 2 saturated heterocycles. The van der Waals surface area contributed by atoms with Gasteiger partial charge in [-0.3, -0.25) is 4.90 Å². The van der Waals surface area contributed by atoms with Gasteiger partial charge in [0.15, 0.2) is 0 Å². The van der Waals surface area contributed by atoms with Gasteiger partial charge in [0.05, 0.1) is 11.7 Å². The van der Waals surface area contributed by atoms with Crippen LogP contribution in [0.25, 0.3) is 0 Å². The van der Waals surface area contributed by atoms with Crippen molar-refractivity contribution in [1.29, 1.82) is 0 Å². The summed E-state index contributed by atoms with van der Waals surface area (Å²) in [5.41, 5.74) is 2.21. The molecule has 134 valence electrons. The second-order valence-corrected chi connectivity index (χ2v) is 7.53. The van der Waals surface area contributed by atoms with Gasteiger partial charge in [-0.05, 0) is 43.4 Å². The van der Waals surface area contributed by atoms with Crippen molar-refractivity contribution in [3.8, 4) is 0 Å². The van der Waals surface area contributed by atoms with Gasteiger partial charge in [-0.15, -0.1) is 0 Å². The first-order valence-corrected chi connectivity index (χ1v) is 9.19. The fourth-order valence-corrected chi connectivity index (χ4v) is 4.12. The molecule has 0 aromatic heterocycles. The molecule has 0 aliphatic carbocycles. The van der Waals surface area contributed by atoms with Crippen molar-refractivity contribution in [2.75, 3.05) is 40.0 Å². The van der Waals surface area contributed by atoms with E-state index in [-0.39, 0.29) is 6.10 Å². The van der Waals surface area contributed by atoms with E-state index in [1.54, 1.807) is 0 Å². The molecule has 2 heterocycles. The van der Waals surface area contributed by atoms with Crippen molar-refractivity contribution >= 4 is 0 Å².